The van der Waals surface area contributed by atoms with Crippen LogP contribution in [0.3, 0.4) is 0 Å². The molecule has 4 atom stereocenters. The highest BCUT2D eigenvalue weighted by Crippen LogP contribution is 2.46. The number of hydrogen-bond donors (Lipinski definition) is 0. The van der Waals surface area contributed by atoms with E-state index >= 15 is 0 Å². The predicted octanol–water partition coefficient (Wildman–Crippen LogP) is 2.18. The second-order valence-electron chi connectivity index (χ2n) is 4.47. The molecule has 0 heterocycles. The van der Waals surface area contributed by atoms with Crippen LogP contribution < -0.4 is 0 Å². The molecular weight excluding hydrogens is 180 g/mol. The first-order valence-electron chi connectivity index (χ1n) is 5.17. The van der Waals surface area contributed by atoms with E-state index in [-0.39, 0.29) is 0 Å². The van der Waals surface area contributed by atoms with Crippen molar-refractivity contribution in [3.8, 4) is 0 Å². The molecule has 1 aliphatic rings. The minimum absolute atomic E-state index is 0.699. The Labute approximate surface area is 83.5 Å². The zero-order chi connectivity index (χ0) is 10.0. The maximum Gasteiger partial charge on any atom is 0.324 e. The molecule has 3 heteroatoms. The van der Waals surface area contributed by atoms with Gasteiger partial charge in [0.05, 0.1) is 0 Å². The van der Waals surface area contributed by atoms with Gasteiger partial charge in [-0.25, -0.2) is 0 Å². The van der Waals surface area contributed by atoms with Crippen LogP contribution >= 0.6 is 0 Å². The van der Waals surface area contributed by atoms with Crippen LogP contribution in [0.5, 0.6) is 0 Å². The van der Waals surface area contributed by atoms with Crippen molar-refractivity contribution in [3.63, 3.8) is 0 Å². The van der Waals surface area contributed by atoms with Gasteiger partial charge in [-0.15, -0.1) is 0 Å². The fraction of sp³-hybridized carbons (Fsp3) is 1.00. The molecule has 0 aromatic heterocycles. The van der Waals surface area contributed by atoms with Crippen LogP contribution in [0.2, 0.25) is 5.54 Å². The zero-order valence-corrected chi connectivity index (χ0v) is 10.6. The summed E-state index contributed by atoms with van der Waals surface area (Å²) in [5.74, 6) is 2.38. The Morgan fingerprint density at radius 2 is 1.54 bits per heavy atom. The molecule has 0 amide bonds. The fourth-order valence-electron chi connectivity index (χ4n) is 2.78. The van der Waals surface area contributed by atoms with E-state index in [0.717, 1.165) is 17.8 Å². The quantitative estimate of drug-likeness (QED) is 0.653. The topological polar surface area (TPSA) is 18.5 Å². The summed E-state index contributed by atoms with van der Waals surface area (Å²) in [6, 6.07) is 0. The molecular formula is C10H22O2Si. The molecule has 1 aliphatic carbocycles. The summed E-state index contributed by atoms with van der Waals surface area (Å²) in [7, 11) is 2.19. The Morgan fingerprint density at radius 3 is 1.85 bits per heavy atom. The van der Waals surface area contributed by atoms with Crippen molar-refractivity contribution in [2.24, 2.45) is 17.8 Å². The summed E-state index contributed by atoms with van der Waals surface area (Å²) in [5.41, 5.74) is 0.699. The molecule has 0 spiro atoms. The van der Waals surface area contributed by atoms with Crippen molar-refractivity contribution in [1.29, 1.82) is 0 Å². The molecule has 0 bridgehead atoms. The lowest BCUT2D eigenvalue weighted by Crippen LogP contribution is -2.31. The van der Waals surface area contributed by atoms with E-state index in [1.807, 2.05) is 0 Å². The molecule has 0 radical (unpaired) electrons. The largest absolute Gasteiger partial charge is 0.400 e. The van der Waals surface area contributed by atoms with Crippen LogP contribution in [0, 0.1) is 17.8 Å². The summed E-state index contributed by atoms with van der Waals surface area (Å²) in [6.45, 7) is 7.03. The normalized spacial score (nSPS) is 40.2. The zero-order valence-electron chi connectivity index (χ0n) is 9.41. The predicted molar refractivity (Wildman–Crippen MR) is 57.0 cm³/mol. The van der Waals surface area contributed by atoms with Crippen molar-refractivity contribution >= 4 is 9.28 Å². The molecule has 0 aromatic carbocycles. The van der Waals surface area contributed by atoms with Crippen LogP contribution in [0.1, 0.15) is 27.2 Å². The maximum absolute atomic E-state index is 5.49. The molecule has 0 aliphatic heterocycles. The Hall–Kier alpha value is 0.137. The van der Waals surface area contributed by atoms with Crippen LogP contribution in [0.4, 0.5) is 0 Å². The van der Waals surface area contributed by atoms with Crippen molar-refractivity contribution in [2.45, 2.75) is 32.7 Å². The lowest BCUT2D eigenvalue weighted by atomic mass is 10.0. The second-order valence-corrected chi connectivity index (χ2v) is 6.92. The summed E-state index contributed by atoms with van der Waals surface area (Å²) >= 11 is 0. The third kappa shape index (κ3) is 2.14. The van der Waals surface area contributed by atoms with Gasteiger partial charge in [0.15, 0.2) is 0 Å². The lowest BCUT2D eigenvalue weighted by molar-refractivity contribution is 0.245. The Kier molecular flexibility index (Phi) is 3.95. The van der Waals surface area contributed by atoms with Crippen molar-refractivity contribution < 1.29 is 8.85 Å². The van der Waals surface area contributed by atoms with E-state index in [1.54, 1.807) is 14.2 Å². The average molecular weight is 202 g/mol. The Bertz CT molecular complexity index is 159. The van der Waals surface area contributed by atoms with Gasteiger partial charge >= 0.3 is 9.28 Å². The fourth-order valence-corrected chi connectivity index (χ4v) is 5.17. The van der Waals surface area contributed by atoms with E-state index in [2.05, 4.69) is 20.8 Å². The van der Waals surface area contributed by atoms with E-state index in [0.29, 0.717) is 5.54 Å². The Balaban J connectivity index is 2.66. The van der Waals surface area contributed by atoms with Gasteiger partial charge < -0.3 is 8.85 Å². The summed E-state index contributed by atoms with van der Waals surface area (Å²) in [5, 5.41) is 0. The van der Waals surface area contributed by atoms with E-state index in [4.69, 9.17) is 8.85 Å². The van der Waals surface area contributed by atoms with Gasteiger partial charge in [0.2, 0.25) is 0 Å². The molecule has 13 heavy (non-hydrogen) atoms. The van der Waals surface area contributed by atoms with Crippen LogP contribution in [-0.4, -0.2) is 23.5 Å². The average Bonchev–Trinajstić information content (AvgIpc) is 2.34. The molecule has 0 aromatic rings. The highest BCUT2D eigenvalue weighted by Gasteiger charge is 2.42. The summed E-state index contributed by atoms with van der Waals surface area (Å²) < 4.78 is 11.0. The summed E-state index contributed by atoms with van der Waals surface area (Å²) in [4.78, 5) is 0. The molecule has 0 saturated heterocycles. The highest BCUT2D eigenvalue weighted by atomic mass is 28.3. The molecule has 4 unspecified atom stereocenters. The van der Waals surface area contributed by atoms with Crippen molar-refractivity contribution in [2.75, 3.05) is 14.2 Å². The van der Waals surface area contributed by atoms with Gasteiger partial charge in [-0.1, -0.05) is 20.8 Å². The smallest absolute Gasteiger partial charge is 0.324 e. The van der Waals surface area contributed by atoms with Gasteiger partial charge in [0.25, 0.3) is 0 Å². The minimum Gasteiger partial charge on any atom is -0.400 e. The monoisotopic (exact) mass is 202 g/mol. The molecule has 1 saturated carbocycles. The third-order valence-corrected chi connectivity index (χ3v) is 6.51. The highest BCUT2D eigenvalue weighted by molar-refractivity contribution is 6.46. The SMILES string of the molecule is CO[SiH](OC)C1C(C)CC(C)C1C. The number of rotatable bonds is 3. The van der Waals surface area contributed by atoms with Crippen LogP contribution in [0.15, 0.2) is 0 Å². The standard InChI is InChI=1S/C10H22O2Si/c1-7-6-8(2)10(9(7)3)13(11-4)12-5/h7-10,13H,6H2,1-5H3. The van der Waals surface area contributed by atoms with E-state index in [9.17, 15) is 0 Å². The van der Waals surface area contributed by atoms with Crippen molar-refractivity contribution in [3.05, 3.63) is 0 Å². The lowest BCUT2D eigenvalue weighted by Gasteiger charge is -2.26. The molecule has 0 N–H and O–H groups in total. The molecule has 1 fully saturated rings. The van der Waals surface area contributed by atoms with Gasteiger partial charge in [-0.2, -0.15) is 0 Å². The Morgan fingerprint density at radius 1 is 1.00 bits per heavy atom. The van der Waals surface area contributed by atoms with Crippen LogP contribution in [-0.2, 0) is 8.85 Å². The van der Waals surface area contributed by atoms with Crippen LogP contribution in [0.25, 0.3) is 0 Å². The molecule has 2 nitrogen and oxygen atoms in total. The minimum atomic E-state index is -1.40. The van der Waals surface area contributed by atoms with Gasteiger partial charge in [0, 0.05) is 19.8 Å². The maximum atomic E-state index is 5.49. The second kappa shape index (κ2) is 4.58. The first-order chi connectivity index (χ1) is 6.11. The first-order valence-corrected chi connectivity index (χ1v) is 6.78. The van der Waals surface area contributed by atoms with Gasteiger partial charge in [-0.3, -0.25) is 0 Å². The van der Waals surface area contributed by atoms with Gasteiger partial charge in [0.1, 0.15) is 0 Å². The van der Waals surface area contributed by atoms with E-state index in [1.165, 1.54) is 6.42 Å². The van der Waals surface area contributed by atoms with E-state index < -0.39 is 9.28 Å². The van der Waals surface area contributed by atoms with Gasteiger partial charge in [-0.05, 0) is 24.2 Å². The number of hydrogen-bond acceptors (Lipinski definition) is 2. The van der Waals surface area contributed by atoms with Crippen molar-refractivity contribution in [1.82, 2.24) is 0 Å². The molecule has 78 valence electrons. The third-order valence-electron chi connectivity index (χ3n) is 3.68. The molecule has 1 rings (SSSR count). The summed E-state index contributed by atoms with van der Waals surface area (Å²) in [6.07, 6.45) is 1.34. The first kappa shape index (κ1) is 11.2.